The van der Waals surface area contributed by atoms with Crippen LogP contribution in [0.3, 0.4) is 0 Å². The molecular formula is C33H38ClF2N3O4S. The van der Waals surface area contributed by atoms with Crippen molar-refractivity contribution in [1.82, 2.24) is 10.2 Å². The second kappa shape index (κ2) is 15.5. The average Bonchev–Trinajstić information content (AvgIpc) is 3.00. The Balaban J connectivity index is 1.60. The van der Waals surface area contributed by atoms with Crippen LogP contribution in [0.1, 0.15) is 56.1 Å². The summed E-state index contributed by atoms with van der Waals surface area (Å²) in [4.78, 5) is 29.4. The maximum atomic E-state index is 14.0. The Labute approximate surface area is 263 Å². The second-order valence-corrected chi connectivity index (χ2v) is 13.5. The molecule has 1 saturated carbocycles. The predicted molar refractivity (Wildman–Crippen MR) is 169 cm³/mol. The van der Waals surface area contributed by atoms with Crippen molar-refractivity contribution in [2.24, 2.45) is 0 Å². The van der Waals surface area contributed by atoms with Crippen molar-refractivity contribution in [2.75, 3.05) is 17.1 Å². The fourth-order valence-electron chi connectivity index (χ4n) is 5.55. The van der Waals surface area contributed by atoms with Crippen molar-refractivity contribution in [1.29, 1.82) is 0 Å². The standard InChI is InChI=1S/C33H38ClF2N3O4S/c1-44(42,43)39(27-18-19-29(35)30(36)22-27)20-10-17-32(40)38(23-25-13-8-9-16-28(25)34)31(21-24-11-4-2-5-12-24)33(41)37-26-14-6-3-7-15-26/h2,4-5,8-9,11-13,16,18-19,22,26,31H,3,6-7,10,14-15,17,20-21,23H2,1H3,(H,37,41)/t31-/m0/s1. The van der Waals surface area contributed by atoms with Crippen LogP contribution in [0.2, 0.25) is 5.02 Å². The summed E-state index contributed by atoms with van der Waals surface area (Å²) < 4.78 is 53.5. The van der Waals surface area contributed by atoms with E-state index in [1.807, 2.05) is 36.4 Å². The molecule has 2 amide bonds. The molecule has 0 radical (unpaired) electrons. The van der Waals surface area contributed by atoms with Gasteiger partial charge >= 0.3 is 0 Å². The summed E-state index contributed by atoms with van der Waals surface area (Å²) in [6.45, 7) is -0.0692. The molecule has 0 aromatic heterocycles. The number of anilines is 1. The van der Waals surface area contributed by atoms with Crippen molar-refractivity contribution in [3.05, 3.63) is 101 Å². The van der Waals surface area contributed by atoms with Gasteiger partial charge < -0.3 is 10.2 Å². The summed E-state index contributed by atoms with van der Waals surface area (Å²) in [7, 11) is -3.87. The molecule has 1 aliphatic carbocycles. The molecule has 1 atom stereocenters. The van der Waals surface area contributed by atoms with Gasteiger partial charge in [-0.25, -0.2) is 17.2 Å². The van der Waals surface area contributed by atoms with E-state index in [1.165, 1.54) is 11.0 Å². The summed E-state index contributed by atoms with van der Waals surface area (Å²) in [5.74, 6) is -2.88. The van der Waals surface area contributed by atoms with E-state index in [2.05, 4.69) is 5.32 Å². The minimum atomic E-state index is -3.87. The summed E-state index contributed by atoms with van der Waals surface area (Å²) in [6, 6.07) is 18.6. The third kappa shape index (κ3) is 9.25. The molecule has 0 saturated heterocycles. The van der Waals surface area contributed by atoms with Gasteiger partial charge in [-0.15, -0.1) is 0 Å². The molecule has 1 fully saturated rings. The second-order valence-electron chi connectivity index (χ2n) is 11.2. The van der Waals surface area contributed by atoms with E-state index in [0.717, 1.165) is 60.4 Å². The van der Waals surface area contributed by atoms with Gasteiger partial charge in [0.1, 0.15) is 6.04 Å². The van der Waals surface area contributed by atoms with Gasteiger partial charge in [0.15, 0.2) is 11.6 Å². The Morgan fingerprint density at radius 3 is 2.30 bits per heavy atom. The zero-order valence-corrected chi connectivity index (χ0v) is 26.3. The van der Waals surface area contributed by atoms with Crippen LogP contribution in [0.25, 0.3) is 0 Å². The molecule has 0 spiro atoms. The summed E-state index contributed by atoms with van der Waals surface area (Å²) in [5.41, 5.74) is 1.51. The monoisotopic (exact) mass is 645 g/mol. The lowest BCUT2D eigenvalue weighted by atomic mass is 9.94. The maximum absolute atomic E-state index is 14.0. The lowest BCUT2D eigenvalue weighted by molar-refractivity contribution is -0.141. The topological polar surface area (TPSA) is 86.8 Å². The van der Waals surface area contributed by atoms with Gasteiger partial charge in [-0.05, 0) is 48.6 Å². The van der Waals surface area contributed by atoms with E-state index in [9.17, 15) is 26.8 Å². The van der Waals surface area contributed by atoms with E-state index in [-0.39, 0.29) is 55.9 Å². The van der Waals surface area contributed by atoms with Gasteiger partial charge in [0.25, 0.3) is 0 Å². The zero-order valence-electron chi connectivity index (χ0n) is 24.7. The Morgan fingerprint density at radius 2 is 1.64 bits per heavy atom. The number of amides is 2. The number of hydrogen-bond donors (Lipinski definition) is 1. The first-order valence-corrected chi connectivity index (χ1v) is 17.1. The third-order valence-electron chi connectivity index (χ3n) is 7.86. The van der Waals surface area contributed by atoms with Crippen molar-refractivity contribution < 1.29 is 26.8 Å². The van der Waals surface area contributed by atoms with Gasteiger partial charge in [-0.3, -0.25) is 13.9 Å². The molecule has 0 bridgehead atoms. The molecule has 44 heavy (non-hydrogen) atoms. The molecule has 11 heteroatoms. The molecule has 7 nitrogen and oxygen atoms in total. The van der Waals surface area contributed by atoms with E-state index >= 15 is 0 Å². The van der Waals surface area contributed by atoms with Crippen LogP contribution >= 0.6 is 11.6 Å². The molecule has 1 aliphatic rings. The molecule has 0 unspecified atom stereocenters. The average molecular weight is 646 g/mol. The number of sulfonamides is 1. The van der Waals surface area contributed by atoms with Crippen LogP contribution in [0.5, 0.6) is 0 Å². The molecular weight excluding hydrogens is 608 g/mol. The third-order valence-corrected chi connectivity index (χ3v) is 9.43. The molecule has 3 aromatic rings. The largest absolute Gasteiger partial charge is 0.352 e. The van der Waals surface area contributed by atoms with Crippen LogP contribution in [-0.4, -0.2) is 50.0 Å². The Bertz CT molecular complexity index is 1530. The van der Waals surface area contributed by atoms with Crippen LogP contribution in [0, 0.1) is 11.6 Å². The van der Waals surface area contributed by atoms with Crippen molar-refractivity contribution in [3.8, 4) is 0 Å². The molecule has 4 rings (SSSR count). The predicted octanol–water partition coefficient (Wildman–Crippen LogP) is 6.25. The van der Waals surface area contributed by atoms with Gasteiger partial charge in [0, 0.05) is 43.1 Å². The number of halogens is 3. The normalized spacial score (nSPS) is 14.5. The minimum absolute atomic E-state index is 0.0335. The van der Waals surface area contributed by atoms with Crippen LogP contribution in [0.4, 0.5) is 14.5 Å². The van der Waals surface area contributed by atoms with Crippen LogP contribution < -0.4 is 9.62 Å². The number of nitrogens with zero attached hydrogens (tertiary/aromatic N) is 2. The Morgan fingerprint density at radius 1 is 0.955 bits per heavy atom. The van der Waals surface area contributed by atoms with Gasteiger partial charge in [-0.1, -0.05) is 79.4 Å². The van der Waals surface area contributed by atoms with E-state index in [0.29, 0.717) is 10.6 Å². The highest BCUT2D eigenvalue weighted by Crippen LogP contribution is 2.24. The number of nitrogens with one attached hydrogen (secondary N) is 1. The first-order valence-electron chi connectivity index (χ1n) is 14.8. The number of carbonyl (C=O) groups is 2. The Hall–Kier alpha value is -3.50. The number of benzene rings is 3. The number of carbonyl (C=O) groups excluding carboxylic acids is 2. The van der Waals surface area contributed by atoms with E-state index in [4.69, 9.17) is 11.6 Å². The van der Waals surface area contributed by atoms with Crippen molar-refractivity contribution >= 4 is 39.1 Å². The summed E-state index contributed by atoms with van der Waals surface area (Å²) in [6.07, 6.45) is 6.18. The zero-order chi connectivity index (χ0) is 31.7. The molecule has 236 valence electrons. The lowest BCUT2D eigenvalue weighted by Crippen LogP contribution is -2.53. The highest BCUT2D eigenvalue weighted by molar-refractivity contribution is 7.92. The number of rotatable bonds is 13. The number of hydrogen-bond acceptors (Lipinski definition) is 4. The highest BCUT2D eigenvalue weighted by Gasteiger charge is 2.32. The highest BCUT2D eigenvalue weighted by atomic mass is 35.5. The van der Waals surface area contributed by atoms with Gasteiger partial charge in [-0.2, -0.15) is 0 Å². The maximum Gasteiger partial charge on any atom is 0.243 e. The SMILES string of the molecule is CS(=O)(=O)N(CCCC(=O)N(Cc1ccccc1Cl)[C@@H](Cc1ccccc1)C(=O)NC1CCCCC1)c1ccc(F)c(F)c1. The molecule has 1 N–H and O–H groups in total. The van der Waals surface area contributed by atoms with Crippen molar-refractivity contribution in [2.45, 2.75) is 70.0 Å². The van der Waals surface area contributed by atoms with Crippen molar-refractivity contribution in [3.63, 3.8) is 0 Å². The lowest BCUT2D eigenvalue weighted by Gasteiger charge is -2.34. The minimum Gasteiger partial charge on any atom is -0.352 e. The first-order chi connectivity index (χ1) is 21.0. The van der Waals surface area contributed by atoms with E-state index < -0.39 is 27.7 Å². The quantitative estimate of drug-likeness (QED) is 0.238. The molecule has 0 aliphatic heterocycles. The van der Waals surface area contributed by atoms with Crippen LogP contribution in [0.15, 0.2) is 72.8 Å². The Kier molecular flexibility index (Phi) is 11.7. The first kappa shape index (κ1) is 33.4. The van der Waals surface area contributed by atoms with E-state index in [1.54, 1.807) is 18.2 Å². The van der Waals surface area contributed by atoms with Gasteiger partial charge in [0.05, 0.1) is 11.9 Å². The molecule has 3 aromatic carbocycles. The smallest absolute Gasteiger partial charge is 0.243 e. The molecule has 0 heterocycles. The summed E-state index contributed by atoms with van der Waals surface area (Å²) in [5, 5.41) is 3.64. The van der Waals surface area contributed by atoms with Gasteiger partial charge in [0.2, 0.25) is 21.8 Å². The summed E-state index contributed by atoms with van der Waals surface area (Å²) >= 11 is 6.49. The van der Waals surface area contributed by atoms with Crippen LogP contribution in [-0.2, 0) is 32.6 Å². The fourth-order valence-corrected chi connectivity index (χ4v) is 6.71. The fraction of sp³-hybridized carbons (Fsp3) is 0.394.